The van der Waals surface area contributed by atoms with Crippen LogP contribution in [0.4, 0.5) is 0 Å². The van der Waals surface area contributed by atoms with E-state index < -0.39 is 6.04 Å². The fraction of sp³-hybridized carbons (Fsp3) is 0.216. The van der Waals surface area contributed by atoms with Gasteiger partial charge in [0.1, 0.15) is 11.8 Å². The molecule has 0 radical (unpaired) electrons. The van der Waals surface area contributed by atoms with E-state index in [0.29, 0.717) is 36.8 Å². The number of aromatic nitrogens is 3. The van der Waals surface area contributed by atoms with Gasteiger partial charge in [-0.2, -0.15) is 0 Å². The lowest BCUT2D eigenvalue weighted by Crippen LogP contribution is -2.52. The maximum atomic E-state index is 14.5. The Bertz CT molecular complexity index is 1780. The van der Waals surface area contributed by atoms with Crippen molar-refractivity contribution in [2.45, 2.75) is 45.8 Å². The number of carbonyl (C=O) groups is 2. The molecule has 0 fully saturated rings. The third-order valence-corrected chi connectivity index (χ3v) is 8.27. The molecule has 1 aliphatic rings. The predicted molar refractivity (Wildman–Crippen MR) is 173 cm³/mol. The average molecular weight is 598 g/mol. The van der Waals surface area contributed by atoms with Crippen LogP contribution in [0.25, 0.3) is 17.5 Å². The van der Waals surface area contributed by atoms with E-state index in [1.165, 1.54) is 11.6 Å². The number of rotatable bonds is 9. The van der Waals surface area contributed by atoms with E-state index in [4.69, 9.17) is 4.52 Å². The standard InChI is InChI=1S/C37H35N5O3/c1-26-33(27(2)45-40-26)17-18-35(43)42(24-29-13-15-31(16-14-29)36-38-20-8-21-39-36)34(23-28-9-4-3-5-10-28)37(44)41-22-19-30-11-6-7-12-32(30)25-41/h3-18,20-21,34H,19,22-25H2,1-2H3/b18-17+/t34-/m0/s1. The summed E-state index contributed by atoms with van der Waals surface area (Å²) in [4.78, 5) is 40.9. The normalized spacial score (nSPS) is 13.4. The van der Waals surface area contributed by atoms with Crippen LogP contribution in [-0.2, 0) is 35.5 Å². The number of amides is 2. The van der Waals surface area contributed by atoms with Crippen LogP contribution in [-0.4, -0.2) is 49.3 Å². The first-order valence-corrected chi connectivity index (χ1v) is 15.1. The highest BCUT2D eigenvalue weighted by molar-refractivity contribution is 5.96. The molecule has 0 unspecified atom stereocenters. The van der Waals surface area contributed by atoms with Crippen LogP contribution >= 0.6 is 0 Å². The fourth-order valence-corrected chi connectivity index (χ4v) is 5.79. The second kappa shape index (κ2) is 13.5. The molecule has 3 heterocycles. The molecule has 0 saturated heterocycles. The smallest absolute Gasteiger partial charge is 0.247 e. The molecule has 8 nitrogen and oxygen atoms in total. The minimum atomic E-state index is -0.725. The second-order valence-corrected chi connectivity index (χ2v) is 11.3. The molecule has 1 atom stereocenters. The second-order valence-electron chi connectivity index (χ2n) is 11.3. The number of nitrogens with zero attached hydrogens (tertiary/aromatic N) is 5. The van der Waals surface area contributed by atoms with Crippen LogP contribution in [0.1, 0.15) is 39.3 Å². The predicted octanol–water partition coefficient (Wildman–Crippen LogP) is 5.99. The highest BCUT2D eigenvalue weighted by Crippen LogP contribution is 2.24. The molecule has 0 saturated carbocycles. The quantitative estimate of drug-likeness (QED) is 0.194. The number of aryl methyl sites for hydroxylation is 2. The summed E-state index contributed by atoms with van der Waals surface area (Å²) >= 11 is 0. The van der Waals surface area contributed by atoms with Crippen molar-refractivity contribution >= 4 is 17.9 Å². The molecule has 1 aliphatic heterocycles. The molecule has 8 heteroatoms. The first-order chi connectivity index (χ1) is 22.0. The Labute approximate surface area is 263 Å². The van der Waals surface area contributed by atoms with Crippen LogP contribution in [0, 0.1) is 13.8 Å². The molecule has 0 bridgehead atoms. The summed E-state index contributed by atoms with van der Waals surface area (Å²) in [6.07, 6.45) is 7.84. The molecule has 6 rings (SSSR count). The summed E-state index contributed by atoms with van der Waals surface area (Å²) in [6.45, 7) is 5.02. The van der Waals surface area contributed by atoms with Crippen molar-refractivity contribution in [2.24, 2.45) is 0 Å². The van der Waals surface area contributed by atoms with Gasteiger partial charge in [-0.1, -0.05) is 84.0 Å². The van der Waals surface area contributed by atoms with Crippen molar-refractivity contribution < 1.29 is 14.1 Å². The molecule has 2 amide bonds. The van der Waals surface area contributed by atoms with E-state index in [2.05, 4.69) is 27.3 Å². The van der Waals surface area contributed by atoms with E-state index in [9.17, 15) is 9.59 Å². The van der Waals surface area contributed by atoms with Gasteiger partial charge in [0, 0.05) is 55.7 Å². The average Bonchev–Trinajstić information content (AvgIpc) is 3.41. The Hall–Kier alpha value is -5.37. The summed E-state index contributed by atoms with van der Waals surface area (Å²) in [5, 5.41) is 4.02. The van der Waals surface area contributed by atoms with Crippen LogP contribution in [0.3, 0.4) is 0 Å². The third-order valence-electron chi connectivity index (χ3n) is 8.27. The van der Waals surface area contributed by atoms with Crippen molar-refractivity contribution in [1.29, 1.82) is 0 Å². The van der Waals surface area contributed by atoms with Gasteiger partial charge < -0.3 is 14.3 Å². The van der Waals surface area contributed by atoms with Gasteiger partial charge in [0.2, 0.25) is 11.8 Å². The highest BCUT2D eigenvalue weighted by atomic mass is 16.5. The molecule has 2 aromatic heterocycles. The van der Waals surface area contributed by atoms with Gasteiger partial charge in [0.15, 0.2) is 5.82 Å². The lowest BCUT2D eigenvalue weighted by molar-refractivity contribution is -0.144. The van der Waals surface area contributed by atoms with Crippen LogP contribution in [0.2, 0.25) is 0 Å². The first-order valence-electron chi connectivity index (χ1n) is 15.1. The lowest BCUT2D eigenvalue weighted by Gasteiger charge is -2.37. The van der Waals surface area contributed by atoms with Gasteiger partial charge >= 0.3 is 0 Å². The number of benzene rings is 3. The minimum Gasteiger partial charge on any atom is -0.361 e. The summed E-state index contributed by atoms with van der Waals surface area (Å²) in [7, 11) is 0. The van der Waals surface area contributed by atoms with E-state index in [1.807, 2.05) is 85.5 Å². The van der Waals surface area contributed by atoms with Gasteiger partial charge in [-0.15, -0.1) is 0 Å². The molecule has 5 aromatic rings. The number of fused-ring (bicyclic) bond motifs is 1. The van der Waals surface area contributed by atoms with Crippen molar-refractivity contribution in [3.8, 4) is 11.4 Å². The SMILES string of the molecule is Cc1noc(C)c1/C=C/C(=O)N(Cc1ccc(-c2ncccn2)cc1)[C@@H](Cc1ccccc1)C(=O)N1CCc2ccccc2C1. The Morgan fingerprint density at radius 1 is 0.889 bits per heavy atom. The van der Waals surface area contributed by atoms with E-state index in [0.717, 1.165) is 34.2 Å². The van der Waals surface area contributed by atoms with Gasteiger partial charge in [0.25, 0.3) is 0 Å². The first kappa shape index (κ1) is 29.7. The van der Waals surface area contributed by atoms with Crippen molar-refractivity contribution in [1.82, 2.24) is 24.9 Å². The summed E-state index contributed by atoms with van der Waals surface area (Å²) in [5.41, 5.74) is 6.62. The van der Waals surface area contributed by atoms with Gasteiger partial charge in [-0.25, -0.2) is 9.97 Å². The van der Waals surface area contributed by atoms with Gasteiger partial charge in [-0.3, -0.25) is 9.59 Å². The molecule has 226 valence electrons. The van der Waals surface area contributed by atoms with Crippen LogP contribution < -0.4 is 0 Å². The molecular formula is C37H35N5O3. The Kier molecular flexibility index (Phi) is 8.91. The van der Waals surface area contributed by atoms with Crippen molar-refractivity contribution in [3.05, 3.63) is 143 Å². The highest BCUT2D eigenvalue weighted by Gasteiger charge is 2.34. The van der Waals surface area contributed by atoms with E-state index >= 15 is 0 Å². The van der Waals surface area contributed by atoms with Gasteiger partial charge in [0.05, 0.1) is 5.69 Å². The molecular weight excluding hydrogens is 562 g/mol. The summed E-state index contributed by atoms with van der Waals surface area (Å²) in [5.74, 6) is 0.923. The number of carbonyl (C=O) groups excluding carboxylic acids is 2. The van der Waals surface area contributed by atoms with E-state index in [-0.39, 0.29) is 18.4 Å². The maximum absolute atomic E-state index is 14.5. The summed E-state index contributed by atoms with van der Waals surface area (Å²) in [6, 6.07) is 27.0. The molecule has 0 aliphatic carbocycles. The zero-order valence-electron chi connectivity index (χ0n) is 25.5. The molecule has 0 spiro atoms. The lowest BCUT2D eigenvalue weighted by atomic mass is 9.97. The van der Waals surface area contributed by atoms with Crippen LogP contribution in [0.15, 0.2) is 108 Å². The molecule has 0 N–H and O–H groups in total. The summed E-state index contributed by atoms with van der Waals surface area (Å²) < 4.78 is 5.31. The Morgan fingerprint density at radius 2 is 1.60 bits per heavy atom. The largest absolute Gasteiger partial charge is 0.361 e. The fourth-order valence-electron chi connectivity index (χ4n) is 5.79. The van der Waals surface area contributed by atoms with Crippen molar-refractivity contribution in [2.75, 3.05) is 6.54 Å². The topological polar surface area (TPSA) is 92.4 Å². The third kappa shape index (κ3) is 6.91. The number of hydrogen-bond donors (Lipinski definition) is 0. The van der Waals surface area contributed by atoms with Crippen LogP contribution in [0.5, 0.6) is 0 Å². The zero-order chi connectivity index (χ0) is 31.2. The van der Waals surface area contributed by atoms with Crippen molar-refractivity contribution in [3.63, 3.8) is 0 Å². The molecule has 45 heavy (non-hydrogen) atoms. The number of hydrogen-bond acceptors (Lipinski definition) is 6. The Morgan fingerprint density at radius 3 is 2.31 bits per heavy atom. The van der Waals surface area contributed by atoms with Gasteiger partial charge in [-0.05, 0) is 54.7 Å². The van der Waals surface area contributed by atoms with E-state index in [1.54, 1.807) is 29.4 Å². The zero-order valence-corrected chi connectivity index (χ0v) is 25.5. The monoisotopic (exact) mass is 597 g/mol. The Balaban J connectivity index is 1.35. The molecule has 3 aromatic carbocycles. The maximum Gasteiger partial charge on any atom is 0.247 e. The minimum absolute atomic E-state index is 0.0678.